The molecule has 0 heterocycles. The molecule has 0 saturated heterocycles. The fourth-order valence-electron chi connectivity index (χ4n) is 1.09. The SMILES string of the molecule is C#CCNCC(=O)c1ccc(C)cc1. The second kappa shape index (κ2) is 5.21. The van der Waals surface area contributed by atoms with Gasteiger partial charge in [0.05, 0.1) is 13.1 Å². The van der Waals surface area contributed by atoms with Crippen LogP contribution in [0.4, 0.5) is 0 Å². The normalized spacial score (nSPS) is 9.43. The summed E-state index contributed by atoms with van der Waals surface area (Å²) >= 11 is 0. The van der Waals surface area contributed by atoms with Crippen molar-refractivity contribution in [2.75, 3.05) is 13.1 Å². The van der Waals surface area contributed by atoms with Gasteiger partial charge in [0, 0.05) is 5.56 Å². The second-order valence-electron chi connectivity index (χ2n) is 3.10. The van der Waals surface area contributed by atoms with Gasteiger partial charge in [-0.3, -0.25) is 10.1 Å². The molecule has 0 aliphatic carbocycles. The molecule has 1 aromatic rings. The molecule has 0 aromatic heterocycles. The van der Waals surface area contributed by atoms with E-state index in [-0.39, 0.29) is 5.78 Å². The van der Waals surface area contributed by atoms with Gasteiger partial charge in [0.1, 0.15) is 0 Å². The summed E-state index contributed by atoms with van der Waals surface area (Å²) in [5, 5.41) is 2.86. The zero-order chi connectivity index (χ0) is 10.4. The van der Waals surface area contributed by atoms with Crippen molar-refractivity contribution in [1.29, 1.82) is 0 Å². The van der Waals surface area contributed by atoms with Crippen LogP contribution in [0.5, 0.6) is 0 Å². The van der Waals surface area contributed by atoms with E-state index < -0.39 is 0 Å². The first-order chi connectivity index (χ1) is 6.74. The topological polar surface area (TPSA) is 29.1 Å². The third kappa shape index (κ3) is 3.04. The molecule has 0 saturated carbocycles. The lowest BCUT2D eigenvalue weighted by Gasteiger charge is -2.01. The Morgan fingerprint density at radius 3 is 2.64 bits per heavy atom. The maximum atomic E-state index is 11.5. The lowest BCUT2D eigenvalue weighted by atomic mass is 10.1. The van der Waals surface area contributed by atoms with Crippen LogP contribution in [0.2, 0.25) is 0 Å². The van der Waals surface area contributed by atoms with Gasteiger partial charge >= 0.3 is 0 Å². The minimum Gasteiger partial charge on any atom is -0.299 e. The number of carbonyl (C=O) groups is 1. The average Bonchev–Trinajstić information content (AvgIpc) is 2.19. The van der Waals surface area contributed by atoms with E-state index in [9.17, 15) is 4.79 Å². The first-order valence-corrected chi connectivity index (χ1v) is 4.48. The van der Waals surface area contributed by atoms with Gasteiger partial charge in [0.2, 0.25) is 0 Å². The molecule has 2 heteroatoms. The minimum absolute atomic E-state index is 0.0697. The average molecular weight is 187 g/mol. The fourth-order valence-corrected chi connectivity index (χ4v) is 1.09. The first-order valence-electron chi connectivity index (χ1n) is 4.48. The number of terminal acetylenes is 1. The maximum absolute atomic E-state index is 11.5. The molecule has 0 aliphatic heterocycles. The van der Waals surface area contributed by atoms with Crippen molar-refractivity contribution in [1.82, 2.24) is 5.32 Å². The Kier molecular flexibility index (Phi) is 3.90. The Morgan fingerprint density at radius 2 is 2.07 bits per heavy atom. The maximum Gasteiger partial charge on any atom is 0.176 e. The molecule has 72 valence electrons. The van der Waals surface area contributed by atoms with Crippen molar-refractivity contribution in [2.24, 2.45) is 0 Å². The Labute approximate surface area is 84.3 Å². The number of benzene rings is 1. The predicted octanol–water partition coefficient (Wildman–Crippen LogP) is 1.40. The summed E-state index contributed by atoms with van der Waals surface area (Å²) in [4.78, 5) is 11.5. The second-order valence-corrected chi connectivity index (χ2v) is 3.10. The molecule has 0 unspecified atom stereocenters. The molecular formula is C12H13NO. The van der Waals surface area contributed by atoms with Crippen LogP contribution in [0.1, 0.15) is 15.9 Å². The van der Waals surface area contributed by atoms with Crippen molar-refractivity contribution < 1.29 is 4.79 Å². The summed E-state index contributed by atoms with van der Waals surface area (Å²) in [7, 11) is 0. The van der Waals surface area contributed by atoms with Gasteiger partial charge in [-0.15, -0.1) is 6.42 Å². The molecule has 0 amide bonds. The Bertz CT molecular complexity index is 346. The number of carbonyl (C=O) groups excluding carboxylic acids is 1. The van der Waals surface area contributed by atoms with Crippen LogP contribution >= 0.6 is 0 Å². The molecule has 0 bridgehead atoms. The van der Waals surface area contributed by atoms with Crippen molar-refractivity contribution in [3.05, 3.63) is 35.4 Å². The van der Waals surface area contributed by atoms with E-state index in [0.29, 0.717) is 13.1 Å². The molecule has 0 fully saturated rings. The highest BCUT2D eigenvalue weighted by Crippen LogP contribution is 2.03. The minimum atomic E-state index is 0.0697. The molecule has 1 aromatic carbocycles. The van der Waals surface area contributed by atoms with E-state index in [4.69, 9.17) is 6.42 Å². The summed E-state index contributed by atoms with van der Waals surface area (Å²) < 4.78 is 0. The number of hydrogen-bond acceptors (Lipinski definition) is 2. The Balaban J connectivity index is 2.53. The highest BCUT2D eigenvalue weighted by Gasteiger charge is 2.03. The largest absolute Gasteiger partial charge is 0.299 e. The third-order valence-electron chi connectivity index (χ3n) is 1.89. The van der Waals surface area contributed by atoms with Gasteiger partial charge in [-0.25, -0.2) is 0 Å². The lowest BCUT2D eigenvalue weighted by molar-refractivity contribution is 0.0992. The van der Waals surface area contributed by atoms with Crippen LogP contribution in [-0.2, 0) is 0 Å². The summed E-state index contributed by atoms with van der Waals surface area (Å²) in [6, 6.07) is 7.51. The highest BCUT2D eigenvalue weighted by atomic mass is 16.1. The van der Waals surface area contributed by atoms with E-state index in [0.717, 1.165) is 11.1 Å². The number of hydrogen-bond donors (Lipinski definition) is 1. The quantitative estimate of drug-likeness (QED) is 0.438. The van der Waals surface area contributed by atoms with E-state index in [1.54, 1.807) is 0 Å². The van der Waals surface area contributed by atoms with Crippen molar-refractivity contribution in [3.63, 3.8) is 0 Å². The molecule has 0 aliphatic rings. The monoisotopic (exact) mass is 187 g/mol. The molecule has 0 atom stereocenters. The number of rotatable bonds is 4. The van der Waals surface area contributed by atoms with Crippen molar-refractivity contribution in [2.45, 2.75) is 6.92 Å². The highest BCUT2D eigenvalue weighted by molar-refractivity contribution is 5.97. The molecule has 1 N–H and O–H groups in total. The summed E-state index contributed by atoms with van der Waals surface area (Å²) in [6.45, 7) is 2.72. The zero-order valence-electron chi connectivity index (χ0n) is 8.21. The van der Waals surface area contributed by atoms with Gasteiger partial charge in [0.15, 0.2) is 5.78 Å². The lowest BCUT2D eigenvalue weighted by Crippen LogP contribution is -2.23. The number of ketones is 1. The van der Waals surface area contributed by atoms with Crippen LogP contribution in [0.3, 0.4) is 0 Å². The summed E-state index contributed by atoms with van der Waals surface area (Å²) in [6.07, 6.45) is 5.05. The van der Waals surface area contributed by atoms with E-state index >= 15 is 0 Å². The Morgan fingerprint density at radius 1 is 1.43 bits per heavy atom. The number of Topliss-reactive ketones (excluding diaryl/α,β-unsaturated/α-hetero) is 1. The molecule has 0 spiro atoms. The number of nitrogens with one attached hydrogen (secondary N) is 1. The van der Waals surface area contributed by atoms with Crippen LogP contribution in [0, 0.1) is 19.3 Å². The standard InChI is InChI=1S/C12H13NO/c1-3-8-13-9-12(14)11-6-4-10(2)5-7-11/h1,4-7,13H,8-9H2,2H3. The van der Waals surface area contributed by atoms with Crippen molar-refractivity contribution >= 4 is 5.78 Å². The zero-order valence-corrected chi connectivity index (χ0v) is 8.21. The van der Waals surface area contributed by atoms with Crippen LogP contribution < -0.4 is 5.32 Å². The van der Waals surface area contributed by atoms with Gasteiger partial charge in [-0.1, -0.05) is 35.7 Å². The Hall–Kier alpha value is -1.59. The van der Waals surface area contributed by atoms with Crippen molar-refractivity contribution in [3.8, 4) is 12.3 Å². The van der Waals surface area contributed by atoms with Gasteiger partial charge < -0.3 is 0 Å². The molecule has 0 radical (unpaired) electrons. The summed E-state index contributed by atoms with van der Waals surface area (Å²) in [5.74, 6) is 2.49. The van der Waals surface area contributed by atoms with Crippen LogP contribution in [0.15, 0.2) is 24.3 Å². The van der Waals surface area contributed by atoms with Gasteiger partial charge in [-0.05, 0) is 6.92 Å². The number of aryl methyl sites for hydroxylation is 1. The first kappa shape index (κ1) is 10.5. The van der Waals surface area contributed by atoms with E-state index in [1.807, 2.05) is 31.2 Å². The van der Waals surface area contributed by atoms with E-state index in [2.05, 4.69) is 11.2 Å². The van der Waals surface area contributed by atoms with Gasteiger partial charge in [0.25, 0.3) is 0 Å². The van der Waals surface area contributed by atoms with E-state index in [1.165, 1.54) is 0 Å². The smallest absolute Gasteiger partial charge is 0.176 e. The fraction of sp³-hybridized carbons (Fsp3) is 0.250. The molecule has 14 heavy (non-hydrogen) atoms. The molecular weight excluding hydrogens is 174 g/mol. The molecule has 2 nitrogen and oxygen atoms in total. The molecule has 1 rings (SSSR count). The van der Waals surface area contributed by atoms with Crippen LogP contribution in [0.25, 0.3) is 0 Å². The predicted molar refractivity (Wildman–Crippen MR) is 57.2 cm³/mol. The van der Waals surface area contributed by atoms with Gasteiger partial charge in [-0.2, -0.15) is 0 Å². The van der Waals surface area contributed by atoms with Crippen LogP contribution in [-0.4, -0.2) is 18.9 Å². The summed E-state index contributed by atoms with van der Waals surface area (Å²) in [5.41, 5.74) is 1.87. The third-order valence-corrected chi connectivity index (χ3v) is 1.89.